The minimum atomic E-state index is -0.672. The molecule has 1 aliphatic carbocycles. The molecule has 118 heavy (non-hydrogen) atoms. The lowest BCUT2D eigenvalue weighted by molar-refractivity contribution is 0.436. The molecule has 0 radical (unpaired) electrons. The van der Waals surface area contributed by atoms with Crippen LogP contribution in [0, 0.1) is 0 Å². The third-order valence-electron chi connectivity index (χ3n) is 25.2. The normalized spacial score (nSPS) is 13.9. The average molecular weight is 1550 g/mol. The number of ether oxygens (including phenoxy) is 1. The van der Waals surface area contributed by atoms with Gasteiger partial charge in [0.15, 0.2) is 0 Å². The molecule has 5 nitrogen and oxygen atoms in total. The fourth-order valence-electron chi connectivity index (χ4n) is 19.8. The van der Waals surface area contributed by atoms with Crippen LogP contribution < -0.4 is 40.7 Å². The Hall–Kier alpha value is -13.5. The Kier molecular flexibility index (Phi) is 16.2. The van der Waals surface area contributed by atoms with Gasteiger partial charge < -0.3 is 24.3 Å². The van der Waals surface area contributed by atoms with Crippen molar-refractivity contribution in [2.75, 3.05) is 19.6 Å². The van der Waals surface area contributed by atoms with E-state index in [1.807, 2.05) is 23.5 Å². The summed E-state index contributed by atoms with van der Waals surface area (Å²) in [6, 6.07) is 145. The minimum absolute atomic E-state index is 0.197. The van der Waals surface area contributed by atoms with Crippen molar-refractivity contribution in [2.24, 2.45) is 0 Å². The molecule has 1 spiro atoms. The summed E-state index contributed by atoms with van der Waals surface area (Å²) in [5.74, 6) is 1.87. The maximum Gasteiger partial charge on any atom is 0.252 e. The molecule has 0 saturated heterocycles. The molecule has 0 bridgehead atoms. The topological polar surface area (TPSA) is 22.2 Å². The van der Waals surface area contributed by atoms with E-state index in [0.717, 1.165) is 147 Å². The highest BCUT2D eigenvalue weighted by atomic mass is 32.2. The van der Waals surface area contributed by atoms with Crippen LogP contribution in [-0.2, 0) is 10.8 Å². The molecule has 0 amide bonds. The van der Waals surface area contributed by atoms with Crippen molar-refractivity contribution in [3.8, 4) is 78.3 Å². The molecule has 8 heteroatoms. The highest BCUT2D eigenvalue weighted by Crippen LogP contribution is 2.64. The standard InChI is InChI=1S/C110H79BN4OS2/c1-69(2)75-60-82(70-32-10-6-11-33-70)107(83(61-75)71-34-12-7-13-35-71)114-96-67-78(112-92-45-23-28-50-102(92)117-103-51-29-24-46-93(103)112)55-58-90(96)111-91-59-56-79(113-94-47-25-30-52-104(94)118-105-53-31-26-48-95(105)113)68-97(91)115(108-84(72-36-14-8-15-37-72)65-77(109(3,4)5)66-85(108)73-38-16-9-17-39-73)99-63-76(62-98(114)106(99)111)74-54-57-89-101(64-74)116-100-49-27-22-44-88(100)110(89)86-42-20-18-40-80(86)81-41-19-21-43-87(81)110/h6-69H,1-5H3. The predicted octanol–water partition coefficient (Wildman–Crippen LogP) is 28.9. The van der Waals surface area contributed by atoms with Gasteiger partial charge in [-0.25, -0.2) is 0 Å². The number of hydrogen-bond acceptors (Lipinski definition) is 7. The Bertz CT molecular complexity index is 6720. The molecule has 0 saturated carbocycles. The second-order valence-electron chi connectivity index (χ2n) is 33.2. The Balaban J connectivity index is 0.894. The number of fused-ring (bicyclic) bond motifs is 17. The van der Waals surface area contributed by atoms with Crippen LogP contribution in [-0.4, -0.2) is 6.71 Å². The third kappa shape index (κ3) is 10.8. The molecule has 0 N–H and O–H groups in total. The van der Waals surface area contributed by atoms with Crippen LogP contribution in [0.4, 0.5) is 68.2 Å². The van der Waals surface area contributed by atoms with Gasteiger partial charge in [-0.05, 0) is 216 Å². The quantitative estimate of drug-likeness (QED) is 0.126. The number of para-hydroxylation sites is 5. The maximum absolute atomic E-state index is 7.56. The zero-order valence-electron chi connectivity index (χ0n) is 66.0. The van der Waals surface area contributed by atoms with Gasteiger partial charge in [-0.2, -0.15) is 0 Å². The maximum atomic E-state index is 7.56. The number of rotatable bonds is 10. The van der Waals surface area contributed by atoms with E-state index in [0.29, 0.717) is 0 Å². The van der Waals surface area contributed by atoms with Gasteiger partial charge in [0.1, 0.15) is 11.5 Å². The first-order valence-corrected chi connectivity index (χ1v) is 42.7. The monoisotopic (exact) mass is 1550 g/mol. The summed E-state index contributed by atoms with van der Waals surface area (Å²) in [7, 11) is 0. The summed E-state index contributed by atoms with van der Waals surface area (Å²) < 4.78 is 7.56. The van der Waals surface area contributed by atoms with E-state index in [9.17, 15) is 0 Å². The van der Waals surface area contributed by atoms with E-state index in [4.69, 9.17) is 4.74 Å². The fraction of sp³-hybridized carbons (Fsp3) is 0.0727. The van der Waals surface area contributed by atoms with E-state index in [1.165, 1.54) is 69.4 Å². The van der Waals surface area contributed by atoms with Crippen molar-refractivity contribution in [3.05, 3.63) is 416 Å². The fourth-order valence-corrected chi connectivity index (χ4v) is 21.9. The van der Waals surface area contributed by atoms with Crippen LogP contribution in [0.25, 0.3) is 66.8 Å². The molecule has 17 aromatic rings. The number of hydrogen-bond donors (Lipinski definition) is 0. The smallest absolute Gasteiger partial charge is 0.252 e. The molecular weight excluding hydrogens is 1470 g/mol. The van der Waals surface area contributed by atoms with Crippen LogP contribution >= 0.6 is 23.5 Å². The molecule has 5 heterocycles. The summed E-state index contributed by atoms with van der Waals surface area (Å²) in [6.45, 7) is 11.4. The predicted molar refractivity (Wildman–Crippen MR) is 495 cm³/mol. The van der Waals surface area contributed by atoms with Crippen LogP contribution in [0.15, 0.2) is 402 Å². The molecule has 0 fully saturated rings. The van der Waals surface area contributed by atoms with Crippen molar-refractivity contribution in [1.82, 2.24) is 0 Å². The lowest BCUT2D eigenvalue weighted by atomic mass is 9.33. The highest BCUT2D eigenvalue weighted by Gasteiger charge is 2.52. The largest absolute Gasteiger partial charge is 0.457 e. The van der Waals surface area contributed by atoms with Crippen molar-refractivity contribution >= 4 is 115 Å². The van der Waals surface area contributed by atoms with Crippen molar-refractivity contribution < 1.29 is 4.74 Å². The number of anilines is 12. The minimum Gasteiger partial charge on any atom is -0.457 e. The molecule has 560 valence electrons. The van der Waals surface area contributed by atoms with Crippen molar-refractivity contribution in [2.45, 2.75) is 70.9 Å². The van der Waals surface area contributed by atoms with Gasteiger partial charge >= 0.3 is 0 Å². The SMILES string of the molecule is CC(C)c1cc(-c2ccccc2)c(N2c3cc(N4c5ccccc5Sc5ccccc54)ccc3B3c4ccc(N5c6ccccc6Sc6ccccc65)cc4N(c4c(-c5ccccc5)cc(C(C)(C)C)cc4-c4ccccc4)c4cc(-c5ccc6c(c5)Oc5ccccc5C65c6ccccc6-c6ccccc65)cc2c43)c(-c2ccccc2)c1. The lowest BCUT2D eigenvalue weighted by Crippen LogP contribution is -2.61. The van der Waals surface area contributed by atoms with Crippen LogP contribution in [0.1, 0.15) is 73.9 Å². The first-order valence-electron chi connectivity index (χ1n) is 41.1. The first kappa shape index (κ1) is 70.0. The first-order chi connectivity index (χ1) is 58.0. The lowest BCUT2D eigenvalue weighted by Gasteiger charge is -2.47. The second-order valence-corrected chi connectivity index (χ2v) is 35.3. The zero-order chi connectivity index (χ0) is 78.6. The summed E-state index contributed by atoms with van der Waals surface area (Å²) in [4.78, 5) is 15.3. The molecule has 23 rings (SSSR count). The number of benzene rings is 17. The van der Waals surface area contributed by atoms with Gasteiger partial charge in [-0.3, -0.25) is 0 Å². The molecule has 17 aromatic carbocycles. The van der Waals surface area contributed by atoms with E-state index in [1.54, 1.807) is 0 Å². The van der Waals surface area contributed by atoms with Gasteiger partial charge in [0.05, 0.1) is 39.5 Å². The van der Waals surface area contributed by atoms with Crippen LogP contribution in [0.3, 0.4) is 0 Å². The molecule has 5 aliphatic heterocycles. The van der Waals surface area contributed by atoms with Gasteiger partial charge in [0, 0.05) is 87.1 Å². The Labute approximate surface area is 698 Å². The van der Waals surface area contributed by atoms with E-state index >= 15 is 0 Å². The zero-order valence-corrected chi connectivity index (χ0v) is 67.7. The Morgan fingerprint density at radius 1 is 0.288 bits per heavy atom. The van der Waals surface area contributed by atoms with Crippen molar-refractivity contribution in [1.29, 1.82) is 0 Å². The molecule has 0 atom stereocenters. The van der Waals surface area contributed by atoms with Crippen LogP contribution in [0.2, 0.25) is 0 Å². The van der Waals surface area contributed by atoms with E-state index in [2.05, 4.69) is 436 Å². The molecule has 6 aliphatic rings. The summed E-state index contributed by atoms with van der Waals surface area (Å²) in [5, 5.41) is 0. The van der Waals surface area contributed by atoms with Gasteiger partial charge in [-0.1, -0.05) is 319 Å². The summed E-state index contributed by atoms with van der Waals surface area (Å²) >= 11 is 3.69. The summed E-state index contributed by atoms with van der Waals surface area (Å²) in [6.07, 6.45) is 0. The summed E-state index contributed by atoms with van der Waals surface area (Å²) in [5.41, 5.74) is 36.8. The van der Waals surface area contributed by atoms with E-state index in [-0.39, 0.29) is 18.0 Å². The Morgan fingerprint density at radius 3 is 1.08 bits per heavy atom. The number of nitrogens with zero attached hydrogens (tertiary/aromatic N) is 4. The molecule has 0 aromatic heterocycles. The highest BCUT2D eigenvalue weighted by molar-refractivity contribution is 8.00. The van der Waals surface area contributed by atoms with Crippen molar-refractivity contribution in [3.63, 3.8) is 0 Å². The third-order valence-corrected chi connectivity index (χ3v) is 27.4. The molecule has 0 unspecified atom stereocenters. The Morgan fingerprint density at radius 2 is 0.661 bits per heavy atom. The van der Waals surface area contributed by atoms with Gasteiger partial charge in [0.2, 0.25) is 0 Å². The molecular formula is C110H79BN4OS2. The second kappa shape index (κ2) is 27.3. The van der Waals surface area contributed by atoms with E-state index < -0.39 is 5.41 Å². The van der Waals surface area contributed by atoms with Gasteiger partial charge in [0.25, 0.3) is 6.71 Å². The average Bonchev–Trinajstić information content (AvgIpc) is 1.33. The van der Waals surface area contributed by atoms with Gasteiger partial charge in [-0.15, -0.1) is 0 Å². The van der Waals surface area contributed by atoms with Crippen LogP contribution in [0.5, 0.6) is 11.5 Å².